The summed E-state index contributed by atoms with van der Waals surface area (Å²) in [5, 5.41) is 2.37. The monoisotopic (exact) mass is 398 g/mol. The number of carbonyl (C=O) groups excluding carboxylic acids is 1. The second-order valence-corrected chi connectivity index (χ2v) is 6.95. The number of hydrogen-bond acceptors (Lipinski definition) is 4. The van der Waals surface area contributed by atoms with Crippen molar-refractivity contribution < 1.29 is 4.79 Å². The van der Waals surface area contributed by atoms with Gasteiger partial charge in [-0.05, 0) is 29.8 Å². The van der Waals surface area contributed by atoms with Crippen molar-refractivity contribution in [2.45, 2.75) is 19.5 Å². The van der Waals surface area contributed by atoms with Crippen LogP contribution in [0.25, 0.3) is 10.9 Å². The number of hydrazine groups is 1. The number of carbonyl (C=O) groups is 1. The van der Waals surface area contributed by atoms with Gasteiger partial charge >= 0.3 is 0 Å². The maximum atomic E-state index is 12.7. The highest BCUT2D eigenvalue weighted by Crippen LogP contribution is 2.15. The van der Waals surface area contributed by atoms with Crippen LogP contribution in [0.1, 0.15) is 12.0 Å². The molecule has 1 N–H and O–H groups in total. The molecule has 0 aliphatic rings. The number of hydrogen-bond donors (Lipinski definition) is 1. The van der Waals surface area contributed by atoms with Crippen LogP contribution in [-0.4, -0.2) is 15.5 Å². The zero-order valence-corrected chi connectivity index (χ0v) is 16.4. The third-order valence-corrected chi connectivity index (χ3v) is 4.82. The van der Waals surface area contributed by atoms with Gasteiger partial charge in [-0.15, -0.1) is 0 Å². The lowest BCUT2D eigenvalue weighted by atomic mass is 10.2. The van der Waals surface area contributed by atoms with Crippen LogP contribution in [0, 0.1) is 0 Å². The molecular formula is C24H22N4O2. The summed E-state index contributed by atoms with van der Waals surface area (Å²) >= 11 is 0. The predicted molar refractivity (Wildman–Crippen MR) is 118 cm³/mol. The minimum absolute atomic E-state index is 0.141. The van der Waals surface area contributed by atoms with Gasteiger partial charge in [0, 0.05) is 13.0 Å². The quantitative estimate of drug-likeness (QED) is 0.484. The van der Waals surface area contributed by atoms with Gasteiger partial charge in [0.2, 0.25) is 5.91 Å². The number of rotatable bonds is 7. The first-order chi connectivity index (χ1) is 14.7. The summed E-state index contributed by atoms with van der Waals surface area (Å²) in [6, 6.07) is 26.8. The molecule has 4 aromatic rings. The molecule has 0 fully saturated rings. The lowest BCUT2D eigenvalue weighted by Crippen LogP contribution is -2.42. The van der Waals surface area contributed by atoms with Crippen molar-refractivity contribution in [3.63, 3.8) is 0 Å². The van der Waals surface area contributed by atoms with Crippen LogP contribution < -0.4 is 16.0 Å². The maximum absolute atomic E-state index is 12.7. The molecule has 0 aliphatic carbocycles. The molecule has 0 atom stereocenters. The molecule has 0 saturated heterocycles. The fraction of sp³-hybridized carbons (Fsp3) is 0.125. The fourth-order valence-electron chi connectivity index (χ4n) is 3.26. The smallest absolute Gasteiger partial charge is 0.261 e. The Hall–Kier alpha value is -3.93. The number of fused-ring (bicyclic) bond motifs is 1. The van der Waals surface area contributed by atoms with Gasteiger partial charge in [0.25, 0.3) is 5.56 Å². The van der Waals surface area contributed by atoms with Crippen LogP contribution in [0.5, 0.6) is 0 Å². The van der Waals surface area contributed by atoms with Crippen molar-refractivity contribution in [3.8, 4) is 0 Å². The first-order valence-electron chi connectivity index (χ1n) is 9.81. The largest absolute Gasteiger partial charge is 0.298 e. The highest BCUT2D eigenvalue weighted by atomic mass is 16.2. The Kier molecular flexibility index (Phi) is 5.85. The van der Waals surface area contributed by atoms with E-state index in [0.29, 0.717) is 17.4 Å². The molecule has 0 bridgehead atoms. The van der Waals surface area contributed by atoms with Crippen molar-refractivity contribution in [2.75, 3.05) is 5.01 Å². The van der Waals surface area contributed by atoms with Gasteiger partial charge < -0.3 is 0 Å². The molecule has 0 spiro atoms. The summed E-state index contributed by atoms with van der Waals surface area (Å²) < 4.78 is 1.48. The second kappa shape index (κ2) is 9.05. The second-order valence-electron chi connectivity index (χ2n) is 6.95. The Morgan fingerprint density at radius 2 is 1.57 bits per heavy atom. The number of benzene rings is 3. The molecule has 1 heterocycles. The third kappa shape index (κ3) is 4.55. The number of nitrogens with zero attached hydrogens (tertiary/aromatic N) is 3. The number of para-hydroxylation sites is 2. The van der Waals surface area contributed by atoms with E-state index in [-0.39, 0.29) is 24.4 Å². The lowest BCUT2D eigenvalue weighted by molar-refractivity contribution is -0.121. The van der Waals surface area contributed by atoms with Crippen LogP contribution in [0.4, 0.5) is 5.69 Å². The Bertz CT molecular complexity index is 1190. The van der Waals surface area contributed by atoms with Gasteiger partial charge in [-0.3, -0.25) is 24.6 Å². The van der Waals surface area contributed by atoms with Gasteiger partial charge in [0.05, 0.1) is 29.5 Å². The molecule has 0 radical (unpaired) electrons. The molecule has 1 amide bonds. The number of anilines is 1. The molecule has 6 nitrogen and oxygen atoms in total. The van der Waals surface area contributed by atoms with Crippen molar-refractivity contribution >= 4 is 22.5 Å². The van der Waals surface area contributed by atoms with E-state index >= 15 is 0 Å². The predicted octanol–water partition coefficient (Wildman–Crippen LogP) is 3.52. The number of nitrogens with one attached hydrogen (secondary N) is 1. The Labute approximate surface area is 174 Å². The molecular weight excluding hydrogens is 376 g/mol. The zero-order chi connectivity index (χ0) is 20.8. The van der Waals surface area contributed by atoms with Crippen molar-refractivity contribution in [1.82, 2.24) is 15.0 Å². The minimum Gasteiger partial charge on any atom is -0.298 e. The van der Waals surface area contributed by atoms with Crippen LogP contribution in [0.15, 0.2) is 96.1 Å². The summed E-state index contributed by atoms with van der Waals surface area (Å²) in [6.07, 6.45) is 1.66. The summed E-state index contributed by atoms with van der Waals surface area (Å²) in [6.45, 7) is 0.796. The standard InChI is InChI=1S/C24H22N4O2/c29-23(15-16-27-18-25-22-14-8-7-13-21(22)24(27)30)26-28(20-11-5-2-6-12-20)17-19-9-3-1-4-10-19/h1-14,18H,15-17H2,(H,26,29). The van der Waals surface area contributed by atoms with E-state index in [2.05, 4.69) is 10.4 Å². The molecule has 0 aliphatic heterocycles. The molecule has 6 heteroatoms. The van der Waals surface area contributed by atoms with Gasteiger partial charge in [0.15, 0.2) is 0 Å². The van der Waals surface area contributed by atoms with E-state index in [1.54, 1.807) is 12.1 Å². The Balaban J connectivity index is 1.46. The number of aryl methyl sites for hydroxylation is 1. The van der Waals surface area contributed by atoms with Gasteiger partial charge in [-0.25, -0.2) is 4.98 Å². The summed E-state index contributed by atoms with van der Waals surface area (Å²) in [7, 11) is 0. The van der Waals surface area contributed by atoms with Crippen molar-refractivity contribution in [3.05, 3.63) is 107 Å². The Morgan fingerprint density at radius 1 is 0.900 bits per heavy atom. The van der Waals surface area contributed by atoms with Crippen LogP contribution >= 0.6 is 0 Å². The number of amides is 1. The van der Waals surface area contributed by atoms with E-state index < -0.39 is 0 Å². The van der Waals surface area contributed by atoms with Crippen molar-refractivity contribution in [2.24, 2.45) is 0 Å². The van der Waals surface area contributed by atoms with E-state index in [0.717, 1.165) is 11.3 Å². The molecule has 0 unspecified atom stereocenters. The molecule has 3 aromatic carbocycles. The molecule has 30 heavy (non-hydrogen) atoms. The normalized spacial score (nSPS) is 10.7. The summed E-state index contributed by atoms with van der Waals surface area (Å²) in [5.41, 5.74) is 5.45. The van der Waals surface area contributed by atoms with E-state index in [9.17, 15) is 9.59 Å². The first-order valence-corrected chi connectivity index (χ1v) is 9.81. The number of aromatic nitrogens is 2. The highest BCUT2D eigenvalue weighted by molar-refractivity contribution is 5.78. The zero-order valence-electron chi connectivity index (χ0n) is 16.4. The Morgan fingerprint density at radius 3 is 2.33 bits per heavy atom. The minimum atomic E-state index is -0.171. The van der Waals surface area contributed by atoms with E-state index in [1.165, 1.54) is 10.9 Å². The van der Waals surface area contributed by atoms with E-state index in [4.69, 9.17) is 0 Å². The lowest BCUT2D eigenvalue weighted by Gasteiger charge is -2.25. The van der Waals surface area contributed by atoms with Gasteiger partial charge in [-0.2, -0.15) is 0 Å². The van der Waals surface area contributed by atoms with Crippen molar-refractivity contribution in [1.29, 1.82) is 0 Å². The summed E-state index contributed by atoms with van der Waals surface area (Å²) in [4.78, 5) is 29.6. The van der Waals surface area contributed by atoms with Crippen LogP contribution in [0.3, 0.4) is 0 Å². The first kappa shape index (κ1) is 19.4. The van der Waals surface area contributed by atoms with Gasteiger partial charge in [-0.1, -0.05) is 60.7 Å². The molecule has 1 aromatic heterocycles. The summed E-state index contributed by atoms with van der Waals surface area (Å²) in [5.74, 6) is -0.171. The molecule has 4 rings (SSSR count). The average Bonchev–Trinajstić information content (AvgIpc) is 2.80. The van der Waals surface area contributed by atoms with Gasteiger partial charge in [0.1, 0.15) is 0 Å². The van der Waals surface area contributed by atoms with E-state index in [1.807, 2.05) is 77.8 Å². The maximum Gasteiger partial charge on any atom is 0.261 e. The van der Waals surface area contributed by atoms with Crippen LogP contribution in [0.2, 0.25) is 0 Å². The third-order valence-electron chi connectivity index (χ3n) is 4.82. The molecule has 150 valence electrons. The SMILES string of the molecule is O=C(CCn1cnc2ccccc2c1=O)NN(Cc1ccccc1)c1ccccc1. The average molecular weight is 398 g/mol. The topological polar surface area (TPSA) is 67.2 Å². The fourth-order valence-corrected chi connectivity index (χ4v) is 3.26. The highest BCUT2D eigenvalue weighted by Gasteiger charge is 2.12. The molecule has 0 saturated carbocycles. The van der Waals surface area contributed by atoms with Crippen LogP contribution in [-0.2, 0) is 17.9 Å².